The Bertz CT molecular complexity index is 665. The first kappa shape index (κ1) is 17.8. The van der Waals surface area contributed by atoms with E-state index in [-0.39, 0.29) is 24.4 Å². The van der Waals surface area contributed by atoms with E-state index >= 15 is 0 Å². The average Bonchev–Trinajstić information content (AvgIpc) is 2.75. The maximum absolute atomic E-state index is 13.8. The molecule has 7 nitrogen and oxygen atoms in total. The number of halogens is 4. The van der Waals surface area contributed by atoms with Gasteiger partial charge in [0.15, 0.2) is 0 Å². The van der Waals surface area contributed by atoms with Crippen molar-refractivity contribution in [1.29, 1.82) is 0 Å². The van der Waals surface area contributed by atoms with E-state index in [0.29, 0.717) is 4.90 Å². The van der Waals surface area contributed by atoms with Crippen LogP contribution in [0, 0.1) is 15.9 Å². The molecule has 0 radical (unpaired) electrons. The zero-order chi connectivity index (χ0) is 18.1. The fourth-order valence-electron chi connectivity index (χ4n) is 2.45. The maximum atomic E-state index is 13.8. The van der Waals surface area contributed by atoms with Crippen LogP contribution in [0.25, 0.3) is 0 Å². The van der Waals surface area contributed by atoms with E-state index in [1.165, 1.54) is 7.11 Å². The number of hydrogen-bond acceptors (Lipinski definition) is 5. The van der Waals surface area contributed by atoms with Gasteiger partial charge in [0.05, 0.1) is 18.1 Å². The van der Waals surface area contributed by atoms with E-state index in [0.717, 1.165) is 12.1 Å². The number of carbonyl (C=O) groups excluding carboxylic acids is 1. The van der Waals surface area contributed by atoms with Crippen LogP contribution in [0.5, 0.6) is 5.75 Å². The summed E-state index contributed by atoms with van der Waals surface area (Å²) in [4.78, 5) is 22.2. The van der Waals surface area contributed by atoms with Gasteiger partial charge in [0.2, 0.25) is 11.7 Å². The smallest absolute Gasteiger partial charge is 0.406 e. The Kier molecular flexibility index (Phi) is 4.81. The lowest BCUT2D eigenvalue weighted by Gasteiger charge is -2.19. The van der Waals surface area contributed by atoms with Crippen LogP contribution in [0.1, 0.15) is 6.42 Å². The number of nitro groups is 1. The van der Waals surface area contributed by atoms with E-state index < -0.39 is 41.1 Å². The van der Waals surface area contributed by atoms with Crippen LogP contribution >= 0.6 is 0 Å². The molecule has 1 N–H and O–H groups in total. The van der Waals surface area contributed by atoms with Crippen LogP contribution < -0.4 is 10.1 Å². The molecule has 0 aromatic heterocycles. The molecular weight excluding hydrogens is 338 g/mol. The van der Waals surface area contributed by atoms with E-state index in [1.807, 2.05) is 0 Å². The summed E-state index contributed by atoms with van der Waals surface area (Å²) < 4.78 is 55.8. The van der Waals surface area contributed by atoms with E-state index in [4.69, 9.17) is 4.74 Å². The summed E-state index contributed by atoms with van der Waals surface area (Å²) in [6.45, 7) is -1.70. The first-order chi connectivity index (χ1) is 11.1. The summed E-state index contributed by atoms with van der Waals surface area (Å²) in [6.07, 6.45) is -4.83. The summed E-state index contributed by atoms with van der Waals surface area (Å²) in [5, 5.41) is 13.6. The number of alkyl halides is 3. The summed E-state index contributed by atoms with van der Waals surface area (Å²) in [7, 11) is 1.23. The number of ether oxygens (including phenoxy) is 1. The lowest BCUT2D eigenvalue weighted by Crippen LogP contribution is -2.36. The Morgan fingerprint density at radius 1 is 1.46 bits per heavy atom. The van der Waals surface area contributed by atoms with Gasteiger partial charge < -0.3 is 15.0 Å². The SMILES string of the molecule is COc1cc(F)c([N+](=O)[O-])c(NC2CC(=O)N(CC(F)(F)F)C2)c1. The van der Waals surface area contributed by atoms with Gasteiger partial charge in [-0.1, -0.05) is 0 Å². The normalized spacial score (nSPS) is 18.0. The average molecular weight is 351 g/mol. The topological polar surface area (TPSA) is 84.7 Å². The molecule has 24 heavy (non-hydrogen) atoms. The molecule has 1 saturated heterocycles. The number of amides is 1. The number of rotatable bonds is 5. The van der Waals surface area contributed by atoms with Gasteiger partial charge in [-0.3, -0.25) is 14.9 Å². The third-order valence-corrected chi connectivity index (χ3v) is 3.40. The van der Waals surface area contributed by atoms with E-state index in [9.17, 15) is 32.5 Å². The predicted octanol–water partition coefficient (Wildman–Crippen LogP) is 2.32. The molecule has 0 spiro atoms. The number of nitro benzene ring substituents is 1. The van der Waals surface area contributed by atoms with Crippen LogP contribution in [-0.2, 0) is 4.79 Å². The largest absolute Gasteiger partial charge is 0.497 e. The third-order valence-electron chi connectivity index (χ3n) is 3.40. The summed E-state index contributed by atoms with van der Waals surface area (Å²) >= 11 is 0. The second kappa shape index (κ2) is 6.49. The molecule has 1 atom stereocenters. The van der Waals surface area contributed by atoms with Gasteiger partial charge in [-0.25, -0.2) is 0 Å². The fraction of sp³-hybridized carbons (Fsp3) is 0.462. The molecule has 1 aliphatic rings. The highest BCUT2D eigenvalue weighted by Gasteiger charge is 2.39. The number of carbonyl (C=O) groups is 1. The molecule has 1 aliphatic heterocycles. The Morgan fingerprint density at radius 3 is 2.67 bits per heavy atom. The number of methoxy groups -OCH3 is 1. The standard InChI is InChI=1S/C13H13F4N3O4/c1-24-8-3-9(14)12(20(22)23)10(4-8)18-7-2-11(21)19(5-7)6-13(15,16)17/h3-4,7,18H,2,5-6H2,1H3. The second-order valence-corrected chi connectivity index (χ2v) is 5.20. The molecule has 1 aromatic carbocycles. The minimum Gasteiger partial charge on any atom is -0.497 e. The molecule has 1 aromatic rings. The quantitative estimate of drug-likeness (QED) is 0.500. The van der Waals surface area contributed by atoms with Crippen LogP contribution in [0.2, 0.25) is 0 Å². The molecule has 1 unspecified atom stereocenters. The maximum Gasteiger partial charge on any atom is 0.406 e. The van der Waals surface area contributed by atoms with Gasteiger partial charge >= 0.3 is 11.9 Å². The van der Waals surface area contributed by atoms with Crippen molar-refractivity contribution in [1.82, 2.24) is 4.90 Å². The first-order valence-electron chi connectivity index (χ1n) is 6.73. The molecule has 1 amide bonds. The number of hydrogen-bond donors (Lipinski definition) is 1. The van der Waals surface area contributed by atoms with Gasteiger partial charge in [-0.15, -0.1) is 0 Å². The van der Waals surface area contributed by atoms with Crippen molar-refractivity contribution in [3.05, 3.63) is 28.1 Å². The molecule has 0 saturated carbocycles. The zero-order valence-corrected chi connectivity index (χ0v) is 12.4. The van der Waals surface area contributed by atoms with Gasteiger partial charge in [-0.05, 0) is 0 Å². The highest BCUT2D eigenvalue weighted by Crippen LogP contribution is 2.34. The van der Waals surface area contributed by atoms with Crippen molar-refractivity contribution < 1.29 is 32.0 Å². The Hall–Kier alpha value is -2.59. The lowest BCUT2D eigenvalue weighted by atomic mass is 10.2. The number of nitrogens with one attached hydrogen (secondary N) is 1. The van der Waals surface area contributed by atoms with Crippen molar-refractivity contribution in [3.63, 3.8) is 0 Å². The third kappa shape index (κ3) is 4.03. The molecular formula is C13H13F4N3O4. The van der Waals surface area contributed by atoms with Crippen molar-refractivity contribution in [2.75, 3.05) is 25.5 Å². The van der Waals surface area contributed by atoms with Gasteiger partial charge in [0.1, 0.15) is 18.0 Å². The van der Waals surface area contributed by atoms with E-state index in [2.05, 4.69) is 5.32 Å². The minimum atomic E-state index is -4.54. The number of likely N-dealkylation sites (tertiary alicyclic amines) is 1. The van der Waals surface area contributed by atoms with Crippen LogP contribution in [0.3, 0.4) is 0 Å². The summed E-state index contributed by atoms with van der Waals surface area (Å²) in [5.74, 6) is -1.90. The van der Waals surface area contributed by atoms with Gasteiger partial charge in [0.25, 0.3) is 0 Å². The van der Waals surface area contributed by atoms with Crippen LogP contribution in [0.4, 0.5) is 28.9 Å². The highest BCUT2D eigenvalue weighted by atomic mass is 19.4. The second-order valence-electron chi connectivity index (χ2n) is 5.20. The lowest BCUT2D eigenvalue weighted by molar-refractivity contribution is -0.386. The first-order valence-corrected chi connectivity index (χ1v) is 6.73. The predicted molar refractivity (Wildman–Crippen MR) is 74.3 cm³/mol. The number of nitrogens with zero attached hydrogens (tertiary/aromatic N) is 2. The highest BCUT2D eigenvalue weighted by molar-refractivity contribution is 5.80. The number of anilines is 1. The van der Waals surface area contributed by atoms with Crippen molar-refractivity contribution >= 4 is 17.3 Å². The van der Waals surface area contributed by atoms with Gasteiger partial charge in [0, 0.05) is 25.1 Å². The molecule has 0 bridgehead atoms. The van der Waals surface area contributed by atoms with Crippen LogP contribution in [-0.4, -0.2) is 48.1 Å². The molecule has 132 valence electrons. The minimum absolute atomic E-state index is 0.00271. The zero-order valence-electron chi connectivity index (χ0n) is 12.4. The molecule has 0 aliphatic carbocycles. The fourth-order valence-corrected chi connectivity index (χ4v) is 2.45. The molecule has 1 fully saturated rings. The summed E-state index contributed by atoms with van der Waals surface area (Å²) in [6, 6.07) is 1.15. The molecule has 11 heteroatoms. The van der Waals surface area contributed by atoms with Crippen LogP contribution in [0.15, 0.2) is 12.1 Å². The Morgan fingerprint density at radius 2 is 2.12 bits per heavy atom. The van der Waals surface area contributed by atoms with E-state index in [1.54, 1.807) is 0 Å². The molecule has 2 rings (SSSR count). The van der Waals surface area contributed by atoms with Gasteiger partial charge in [-0.2, -0.15) is 17.6 Å². The van der Waals surface area contributed by atoms with Crippen molar-refractivity contribution in [2.24, 2.45) is 0 Å². The monoisotopic (exact) mass is 351 g/mol. The Labute approximate surface area is 133 Å². The van der Waals surface area contributed by atoms with Crippen molar-refractivity contribution in [3.8, 4) is 5.75 Å². The molecule has 1 heterocycles. The van der Waals surface area contributed by atoms with Crippen molar-refractivity contribution in [2.45, 2.75) is 18.6 Å². The number of benzene rings is 1. The summed E-state index contributed by atoms with van der Waals surface area (Å²) in [5.41, 5.74) is -1.12. The Balaban J connectivity index is 2.21.